The van der Waals surface area contributed by atoms with Crippen LogP contribution in [0.4, 0.5) is 0 Å². The summed E-state index contributed by atoms with van der Waals surface area (Å²) >= 11 is 3.37. The number of aromatic nitrogens is 1. The Kier molecular flexibility index (Phi) is 3.95. The van der Waals surface area contributed by atoms with Crippen molar-refractivity contribution < 1.29 is 9.84 Å². The number of hydrogen-bond acceptors (Lipinski definition) is 3. The van der Waals surface area contributed by atoms with E-state index < -0.39 is 6.10 Å². The van der Waals surface area contributed by atoms with Gasteiger partial charge in [-0.1, -0.05) is 6.92 Å². The Morgan fingerprint density at radius 2 is 2.44 bits per heavy atom. The van der Waals surface area contributed by atoms with Gasteiger partial charge in [0.2, 0.25) is 0 Å². The van der Waals surface area contributed by atoms with E-state index in [0.29, 0.717) is 12.3 Å². The van der Waals surface area contributed by atoms with E-state index in [2.05, 4.69) is 27.8 Å². The summed E-state index contributed by atoms with van der Waals surface area (Å²) in [5, 5.41) is 10.1. The van der Waals surface area contributed by atoms with Crippen molar-refractivity contribution in [3.8, 4) is 0 Å². The van der Waals surface area contributed by atoms with E-state index in [-0.39, 0.29) is 6.10 Å². The number of pyridine rings is 1. The van der Waals surface area contributed by atoms with Gasteiger partial charge in [-0.05, 0) is 39.9 Å². The van der Waals surface area contributed by atoms with E-state index in [0.717, 1.165) is 23.1 Å². The average Bonchev–Trinajstić information content (AvgIpc) is 2.64. The van der Waals surface area contributed by atoms with Crippen molar-refractivity contribution in [3.63, 3.8) is 0 Å². The molecule has 0 spiro atoms. The summed E-state index contributed by atoms with van der Waals surface area (Å²) < 4.78 is 6.49. The van der Waals surface area contributed by atoms with E-state index in [1.165, 1.54) is 0 Å². The molecule has 2 rings (SSSR count). The normalized spacial score (nSPS) is 26.9. The predicted octanol–water partition coefficient (Wildman–Crippen LogP) is 2.17. The van der Waals surface area contributed by atoms with Crippen LogP contribution in [0.15, 0.2) is 22.9 Å². The van der Waals surface area contributed by atoms with Gasteiger partial charge in [0.25, 0.3) is 0 Å². The molecule has 88 valence electrons. The van der Waals surface area contributed by atoms with Crippen LogP contribution in [0.3, 0.4) is 0 Å². The lowest BCUT2D eigenvalue weighted by Crippen LogP contribution is -2.31. The molecule has 1 aromatic heterocycles. The molecule has 1 aliphatic rings. The van der Waals surface area contributed by atoms with Crippen LogP contribution in [0.1, 0.15) is 18.9 Å². The fourth-order valence-electron chi connectivity index (χ4n) is 2.13. The molecule has 0 aliphatic carbocycles. The van der Waals surface area contributed by atoms with Gasteiger partial charge in [0, 0.05) is 29.9 Å². The molecule has 16 heavy (non-hydrogen) atoms. The molecule has 4 heteroatoms. The maximum Gasteiger partial charge on any atom is 0.0863 e. The summed E-state index contributed by atoms with van der Waals surface area (Å²) in [5.41, 5.74) is 1.03. The SMILES string of the molecule is CC1CCOC1C(O)Cc1cncc(Br)c1. The Morgan fingerprint density at radius 1 is 1.62 bits per heavy atom. The number of ether oxygens (including phenoxy) is 1. The molecule has 2 heterocycles. The molecule has 1 aromatic rings. The summed E-state index contributed by atoms with van der Waals surface area (Å²) in [7, 11) is 0. The van der Waals surface area contributed by atoms with Gasteiger partial charge < -0.3 is 9.84 Å². The molecule has 1 fully saturated rings. The minimum atomic E-state index is -0.436. The molecular weight excluding hydrogens is 270 g/mol. The maximum atomic E-state index is 10.1. The molecule has 0 radical (unpaired) electrons. The van der Waals surface area contributed by atoms with Crippen molar-refractivity contribution in [3.05, 3.63) is 28.5 Å². The van der Waals surface area contributed by atoms with Crippen LogP contribution in [0.5, 0.6) is 0 Å². The van der Waals surface area contributed by atoms with Gasteiger partial charge in [-0.2, -0.15) is 0 Å². The lowest BCUT2D eigenvalue weighted by atomic mass is 9.96. The summed E-state index contributed by atoms with van der Waals surface area (Å²) in [5.74, 6) is 0.440. The fraction of sp³-hybridized carbons (Fsp3) is 0.583. The number of aliphatic hydroxyl groups excluding tert-OH is 1. The van der Waals surface area contributed by atoms with Gasteiger partial charge in [-0.3, -0.25) is 4.98 Å². The van der Waals surface area contributed by atoms with E-state index in [1.54, 1.807) is 12.4 Å². The van der Waals surface area contributed by atoms with Crippen molar-refractivity contribution in [1.29, 1.82) is 0 Å². The van der Waals surface area contributed by atoms with Gasteiger partial charge >= 0.3 is 0 Å². The molecule has 0 amide bonds. The topological polar surface area (TPSA) is 42.4 Å². The van der Waals surface area contributed by atoms with Crippen molar-refractivity contribution in [2.75, 3.05) is 6.61 Å². The predicted molar refractivity (Wildman–Crippen MR) is 65.2 cm³/mol. The van der Waals surface area contributed by atoms with Crippen molar-refractivity contribution in [2.45, 2.75) is 32.0 Å². The summed E-state index contributed by atoms with van der Waals surface area (Å²) in [6.07, 6.45) is 4.70. The second kappa shape index (κ2) is 5.25. The fourth-order valence-corrected chi connectivity index (χ4v) is 2.55. The lowest BCUT2D eigenvalue weighted by Gasteiger charge is -2.21. The number of hydrogen-bond donors (Lipinski definition) is 1. The third kappa shape index (κ3) is 2.81. The van der Waals surface area contributed by atoms with Crippen LogP contribution in [-0.4, -0.2) is 28.9 Å². The smallest absolute Gasteiger partial charge is 0.0863 e. The summed E-state index contributed by atoms with van der Waals surface area (Å²) in [6, 6.07) is 1.98. The monoisotopic (exact) mass is 285 g/mol. The number of aliphatic hydroxyl groups is 1. The Labute approximate surface area is 104 Å². The summed E-state index contributed by atoms with van der Waals surface area (Å²) in [4.78, 5) is 4.08. The first-order valence-corrected chi connectivity index (χ1v) is 6.35. The Hall–Kier alpha value is -0.450. The van der Waals surface area contributed by atoms with Crippen LogP contribution in [0, 0.1) is 5.92 Å². The Morgan fingerprint density at radius 3 is 3.06 bits per heavy atom. The second-order valence-corrected chi connectivity index (χ2v) is 5.30. The number of halogens is 1. The van der Waals surface area contributed by atoms with E-state index in [4.69, 9.17) is 4.74 Å². The van der Waals surface area contributed by atoms with Crippen LogP contribution >= 0.6 is 15.9 Å². The zero-order valence-corrected chi connectivity index (χ0v) is 10.9. The highest BCUT2D eigenvalue weighted by molar-refractivity contribution is 9.10. The molecule has 3 unspecified atom stereocenters. The standard InChI is InChI=1S/C12H16BrNO2/c1-8-2-3-16-12(8)11(15)5-9-4-10(13)7-14-6-9/h4,6-8,11-12,15H,2-3,5H2,1H3. The van der Waals surface area contributed by atoms with Gasteiger partial charge in [0.15, 0.2) is 0 Å². The van der Waals surface area contributed by atoms with Crippen LogP contribution in [-0.2, 0) is 11.2 Å². The highest BCUT2D eigenvalue weighted by Crippen LogP contribution is 2.24. The molecule has 1 N–H and O–H groups in total. The van der Waals surface area contributed by atoms with Gasteiger partial charge in [0.1, 0.15) is 0 Å². The first-order valence-electron chi connectivity index (χ1n) is 5.56. The number of nitrogens with zero attached hydrogens (tertiary/aromatic N) is 1. The maximum absolute atomic E-state index is 10.1. The van der Waals surface area contributed by atoms with E-state index in [9.17, 15) is 5.11 Å². The first kappa shape index (κ1) is 12.0. The number of rotatable bonds is 3. The third-order valence-corrected chi connectivity index (χ3v) is 3.46. The molecule has 3 atom stereocenters. The van der Waals surface area contributed by atoms with Crippen LogP contribution in [0.25, 0.3) is 0 Å². The highest BCUT2D eigenvalue weighted by atomic mass is 79.9. The average molecular weight is 286 g/mol. The first-order chi connectivity index (χ1) is 7.66. The molecule has 0 saturated carbocycles. The molecule has 3 nitrogen and oxygen atoms in total. The zero-order chi connectivity index (χ0) is 11.5. The van der Waals surface area contributed by atoms with Crippen molar-refractivity contribution in [2.24, 2.45) is 5.92 Å². The quantitative estimate of drug-likeness (QED) is 0.926. The van der Waals surface area contributed by atoms with Gasteiger partial charge in [-0.25, -0.2) is 0 Å². The zero-order valence-electron chi connectivity index (χ0n) is 9.27. The lowest BCUT2D eigenvalue weighted by molar-refractivity contribution is -0.0157. The highest BCUT2D eigenvalue weighted by Gasteiger charge is 2.30. The third-order valence-electron chi connectivity index (χ3n) is 3.03. The summed E-state index contributed by atoms with van der Waals surface area (Å²) in [6.45, 7) is 2.89. The molecule has 0 aromatic carbocycles. The van der Waals surface area contributed by atoms with Crippen molar-refractivity contribution >= 4 is 15.9 Å². The molecule has 1 aliphatic heterocycles. The molecule has 1 saturated heterocycles. The Balaban J connectivity index is 1.99. The minimum absolute atomic E-state index is 0.0287. The molecular formula is C12H16BrNO2. The molecule has 0 bridgehead atoms. The van der Waals surface area contributed by atoms with E-state index >= 15 is 0 Å². The van der Waals surface area contributed by atoms with Gasteiger partial charge in [-0.15, -0.1) is 0 Å². The van der Waals surface area contributed by atoms with Crippen LogP contribution < -0.4 is 0 Å². The van der Waals surface area contributed by atoms with Crippen LogP contribution in [0.2, 0.25) is 0 Å². The van der Waals surface area contributed by atoms with Crippen molar-refractivity contribution in [1.82, 2.24) is 4.98 Å². The van der Waals surface area contributed by atoms with E-state index in [1.807, 2.05) is 6.07 Å². The largest absolute Gasteiger partial charge is 0.390 e. The second-order valence-electron chi connectivity index (χ2n) is 4.38. The minimum Gasteiger partial charge on any atom is -0.390 e. The Bertz CT molecular complexity index is 359. The van der Waals surface area contributed by atoms with Gasteiger partial charge in [0.05, 0.1) is 12.2 Å².